The molecule has 0 aromatic heterocycles. The van der Waals surface area contributed by atoms with Crippen molar-refractivity contribution in [3.8, 4) is 0 Å². The third kappa shape index (κ3) is 4.35. The van der Waals surface area contributed by atoms with Gasteiger partial charge in [-0.3, -0.25) is 0 Å². The third-order valence-corrected chi connectivity index (χ3v) is 9.98. The van der Waals surface area contributed by atoms with Crippen LogP contribution in [0.4, 0.5) is 0 Å². The Morgan fingerprint density at radius 1 is 0.867 bits per heavy atom. The van der Waals surface area contributed by atoms with E-state index < -0.39 is 26.5 Å². The molecule has 0 spiro atoms. The van der Waals surface area contributed by atoms with Gasteiger partial charge in [0.05, 0.1) is 0 Å². The normalized spacial score (nSPS) is 12.9. The molecule has 0 N–H and O–H groups in total. The van der Waals surface area contributed by atoms with Crippen molar-refractivity contribution in [1.82, 2.24) is 0 Å². The zero-order valence-electron chi connectivity index (χ0n) is 11.0. The number of hydrogen-bond donors (Lipinski definition) is 0. The molecule has 0 saturated carbocycles. The first-order chi connectivity index (χ1) is 6.70. The van der Waals surface area contributed by atoms with Gasteiger partial charge in [0.2, 0.25) is 0 Å². The molecule has 0 aliphatic carbocycles. The van der Waals surface area contributed by atoms with Crippen molar-refractivity contribution in [2.24, 2.45) is 0 Å². The van der Waals surface area contributed by atoms with Crippen LogP contribution >= 0.6 is 0 Å². The molecule has 0 nitrogen and oxygen atoms in total. The molecule has 0 saturated heterocycles. The summed E-state index contributed by atoms with van der Waals surface area (Å²) in [6.07, 6.45) is 0. The fourth-order valence-electron chi connectivity index (χ4n) is 1.98. The first-order valence-corrected chi connectivity index (χ1v) is 20.9. The predicted molar refractivity (Wildman–Crippen MR) is 76.5 cm³/mol. The Bertz CT molecular complexity index is 329. The van der Waals surface area contributed by atoms with Crippen molar-refractivity contribution < 1.29 is 0 Å². The van der Waals surface area contributed by atoms with Gasteiger partial charge >= 0.3 is 101 Å². The van der Waals surface area contributed by atoms with E-state index in [9.17, 15) is 0 Å². The van der Waals surface area contributed by atoms with Gasteiger partial charge in [-0.2, -0.15) is 0 Å². The molecule has 2 heteroatoms. The molecule has 0 radical (unpaired) electrons. The Balaban J connectivity index is 3.08. The third-order valence-electron chi connectivity index (χ3n) is 2.55. The minimum atomic E-state index is -1.65. The number of hydrogen-bond acceptors (Lipinski definition) is 0. The Kier molecular flexibility index (Phi) is 4.16. The summed E-state index contributed by atoms with van der Waals surface area (Å²) >= 11 is -3.11. The van der Waals surface area contributed by atoms with Gasteiger partial charge in [0.15, 0.2) is 0 Å². The molecule has 0 unspecified atom stereocenters. The van der Waals surface area contributed by atoms with Gasteiger partial charge in [0, 0.05) is 0 Å². The van der Waals surface area contributed by atoms with Crippen molar-refractivity contribution in [3.05, 3.63) is 29.8 Å². The van der Waals surface area contributed by atoms with Gasteiger partial charge in [-0.1, -0.05) is 0 Å². The van der Waals surface area contributed by atoms with Crippen LogP contribution in [-0.4, -0.2) is 26.5 Å². The first-order valence-electron chi connectivity index (χ1n) is 5.78. The molecule has 0 aliphatic heterocycles. The average Bonchev–Trinajstić information content (AvgIpc) is 1.99. The molecule has 84 valence electrons. The molecule has 1 rings (SSSR count). The van der Waals surface area contributed by atoms with Crippen LogP contribution in [0.5, 0.6) is 0 Å². The van der Waals surface area contributed by atoms with Crippen LogP contribution in [0, 0.1) is 0 Å². The Labute approximate surface area is 100 Å². The number of rotatable bonds is 3. The monoisotopic (exact) mass is 328 g/mol. The van der Waals surface area contributed by atoms with Crippen molar-refractivity contribution in [3.63, 3.8) is 0 Å². The fourth-order valence-corrected chi connectivity index (χ4v) is 9.43. The van der Waals surface area contributed by atoms with Crippen molar-refractivity contribution >= 4 is 30.9 Å². The second-order valence-corrected chi connectivity index (χ2v) is 28.7. The molecule has 1 aromatic rings. The molecule has 0 amide bonds. The van der Waals surface area contributed by atoms with Crippen molar-refractivity contribution in [2.45, 2.75) is 39.8 Å². The zero-order valence-corrected chi connectivity index (χ0v) is 15.2. The Morgan fingerprint density at radius 3 is 1.87 bits per heavy atom. The van der Waals surface area contributed by atoms with Crippen LogP contribution in [-0.2, 0) is 5.25 Å². The molecule has 0 bridgehead atoms. The van der Waals surface area contributed by atoms with Gasteiger partial charge in [0.25, 0.3) is 0 Å². The van der Waals surface area contributed by atoms with Gasteiger partial charge in [-0.05, 0) is 0 Å². The van der Waals surface area contributed by atoms with Crippen molar-refractivity contribution in [1.29, 1.82) is 0 Å². The molecule has 1 aromatic carbocycles. The quantitative estimate of drug-likeness (QED) is 0.744. The molecular formula is C13H24Ge2. The summed E-state index contributed by atoms with van der Waals surface area (Å²) in [5.74, 6) is 15.0. The first kappa shape index (κ1) is 13.4. The summed E-state index contributed by atoms with van der Waals surface area (Å²) in [6, 6.07) is 9.16. The van der Waals surface area contributed by atoms with Crippen LogP contribution < -0.4 is 4.40 Å². The maximum atomic E-state index is 2.51. The summed E-state index contributed by atoms with van der Waals surface area (Å²) < 4.78 is 1.72. The van der Waals surface area contributed by atoms with E-state index in [2.05, 4.69) is 58.8 Å². The van der Waals surface area contributed by atoms with Crippen LogP contribution in [0.1, 0.15) is 5.56 Å². The predicted octanol–water partition coefficient (Wildman–Crippen LogP) is 3.65. The molecule has 0 fully saturated rings. The Hall–Kier alpha value is 0.306. The van der Waals surface area contributed by atoms with Gasteiger partial charge in [0.1, 0.15) is 0 Å². The van der Waals surface area contributed by atoms with Crippen LogP contribution in [0.25, 0.3) is 0 Å². The van der Waals surface area contributed by atoms with Crippen LogP contribution in [0.2, 0.25) is 34.5 Å². The van der Waals surface area contributed by atoms with Crippen LogP contribution in [0.3, 0.4) is 0 Å². The fraction of sp³-hybridized carbons (Fsp3) is 0.538. The van der Waals surface area contributed by atoms with E-state index in [1.54, 1.807) is 9.96 Å². The summed E-state index contributed by atoms with van der Waals surface area (Å²) in [6.45, 7) is 0. The maximum absolute atomic E-state index is 2.51. The minimum absolute atomic E-state index is 1.39. The van der Waals surface area contributed by atoms with E-state index in [0.29, 0.717) is 0 Å². The van der Waals surface area contributed by atoms with Crippen molar-refractivity contribution in [2.75, 3.05) is 0 Å². The van der Waals surface area contributed by atoms with E-state index in [-0.39, 0.29) is 0 Å². The second kappa shape index (κ2) is 4.66. The molecule has 0 aliphatic rings. The summed E-state index contributed by atoms with van der Waals surface area (Å²) in [7, 11) is 0. The van der Waals surface area contributed by atoms with E-state index in [4.69, 9.17) is 0 Å². The van der Waals surface area contributed by atoms with Gasteiger partial charge < -0.3 is 0 Å². The zero-order chi connectivity index (χ0) is 11.7. The molecule has 0 atom stereocenters. The van der Waals surface area contributed by atoms with E-state index in [0.717, 1.165) is 0 Å². The topological polar surface area (TPSA) is 0 Å². The molecule has 0 heterocycles. The average molecular weight is 326 g/mol. The number of benzene rings is 1. The summed E-state index contributed by atoms with van der Waals surface area (Å²) in [5, 5.41) is 1.39. The van der Waals surface area contributed by atoms with Gasteiger partial charge in [-0.15, -0.1) is 0 Å². The SMILES string of the molecule is [CH3][Ge]([CH3])([CH3])[CH2]c1cccc[c]1[Ge]([CH3])([CH3])[CH3]. The van der Waals surface area contributed by atoms with E-state index in [1.807, 2.05) is 0 Å². The second-order valence-electron chi connectivity index (χ2n) is 6.64. The van der Waals surface area contributed by atoms with E-state index in [1.165, 1.54) is 5.25 Å². The van der Waals surface area contributed by atoms with Gasteiger partial charge in [-0.25, -0.2) is 0 Å². The molecule has 15 heavy (non-hydrogen) atoms. The standard InChI is InChI=1S/C13H24Ge2/c1-14(2,3)11-12-9-7-8-10-13(12)15(4,5)6/h7-10H,11H2,1-6H3. The summed E-state index contributed by atoms with van der Waals surface area (Å²) in [5.41, 5.74) is 1.66. The summed E-state index contributed by atoms with van der Waals surface area (Å²) in [4.78, 5) is 0. The molecular weight excluding hydrogens is 301 g/mol. The Morgan fingerprint density at radius 2 is 1.40 bits per heavy atom. The van der Waals surface area contributed by atoms with E-state index >= 15 is 0 Å². The van der Waals surface area contributed by atoms with Crippen LogP contribution in [0.15, 0.2) is 24.3 Å².